The Morgan fingerprint density at radius 3 is 1.97 bits per heavy atom. The molecule has 0 saturated heterocycles. The van der Waals surface area contributed by atoms with Crippen LogP contribution in [0.2, 0.25) is 0 Å². The molecule has 0 atom stereocenters. The van der Waals surface area contributed by atoms with Crippen LogP contribution in [0.5, 0.6) is 0 Å². The van der Waals surface area contributed by atoms with Crippen LogP contribution < -0.4 is 4.90 Å². The monoisotopic (exact) mass is 487 g/mol. The van der Waals surface area contributed by atoms with E-state index in [0.29, 0.717) is 0 Å². The average molecular weight is 488 g/mol. The lowest BCUT2D eigenvalue weighted by atomic mass is 9.84. The van der Waals surface area contributed by atoms with Crippen molar-refractivity contribution in [3.8, 4) is 11.3 Å². The molecule has 0 bridgehead atoms. The van der Waals surface area contributed by atoms with Gasteiger partial charge in [0.2, 0.25) is 0 Å². The highest BCUT2D eigenvalue weighted by Crippen LogP contribution is 2.34. The van der Waals surface area contributed by atoms with Crippen LogP contribution >= 0.6 is 12.6 Å². The molecule has 5 aromatic rings. The molecule has 0 unspecified atom stereocenters. The standard InChI is InChI=1S/C32H29N3S/c1-32(2,29-20-11-18-27(33-29)26-17-9-10-19-28(26)36)30-21-12-22-31(34-30)35(25-15-7-4-8-16-25)23-24-13-5-3-6-14-24/h3-22,36H,23H2,1-2H3. The molecule has 0 saturated carbocycles. The fraction of sp³-hybridized carbons (Fsp3) is 0.125. The van der Waals surface area contributed by atoms with Crippen LogP contribution in [0, 0.1) is 0 Å². The van der Waals surface area contributed by atoms with Gasteiger partial charge in [0.25, 0.3) is 0 Å². The first-order valence-electron chi connectivity index (χ1n) is 12.1. The number of hydrogen-bond acceptors (Lipinski definition) is 4. The van der Waals surface area contributed by atoms with Crippen molar-refractivity contribution in [3.63, 3.8) is 0 Å². The van der Waals surface area contributed by atoms with Crippen LogP contribution in [-0.2, 0) is 12.0 Å². The summed E-state index contributed by atoms with van der Waals surface area (Å²) < 4.78 is 0. The third kappa shape index (κ3) is 5.05. The fourth-order valence-electron chi connectivity index (χ4n) is 4.35. The van der Waals surface area contributed by atoms with Crippen molar-refractivity contribution in [1.82, 2.24) is 9.97 Å². The molecular weight excluding hydrogens is 458 g/mol. The Balaban J connectivity index is 1.53. The maximum Gasteiger partial charge on any atom is 0.133 e. The van der Waals surface area contributed by atoms with Crippen molar-refractivity contribution < 1.29 is 0 Å². The number of aromatic nitrogens is 2. The van der Waals surface area contributed by atoms with E-state index in [4.69, 9.17) is 9.97 Å². The van der Waals surface area contributed by atoms with Gasteiger partial charge in [0.05, 0.1) is 17.1 Å². The van der Waals surface area contributed by atoms with Crippen molar-refractivity contribution in [2.24, 2.45) is 0 Å². The van der Waals surface area contributed by atoms with Crippen molar-refractivity contribution in [3.05, 3.63) is 138 Å². The van der Waals surface area contributed by atoms with Gasteiger partial charge in [-0.1, -0.05) is 78.9 Å². The van der Waals surface area contributed by atoms with Gasteiger partial charge in [0, 0.05) is 28.1 Å². The molecule has 0 amide bonds. The van der Waals surface area contributed by atoms with E-state index in [1.54, 1.807) is 0 Å². The van der Waals surface area contributed by atoms with Gasteiger partial charge in [-0.15, -0.1) is 12.6 Å². The van der Waals surface area contributed by atoms with Crippen LogP contribution in [0.1, 0.15) is 30.8 Å². The van der Waals surface area contributed by atoms with Crippen molar-refractivity contribution >= 4 is 24.1 Å². The van der Waals surface area contributed by atoms with Crippen LogP contribution in [0.15, 0.2) is 126 Å². The summed E-state index contributed by atoms with van der Waals surface area (Å²) in [5, 5.41) is 0. The first kappa shape index (κ1) is 23.8. The molecule has 2 aromatic heterocycles. The second-order valence-electron chi connectivity index (χ2n) is 9.34. The van der Waals surface area contributed by atoms with Gasteiger partial charge in [-0.3, -0.25) is 4.98 Å². The summed E-state index contributed by atoms with van der Waals surface area (Å²) in [6.45, 7) is 5.10. The number of nitrogens with zero attached hydrogens (tertiary/aromatic N) is 3. The highest BCUT2D eigenvalue weighted by molar-refractivity contribution is 7.80. The highest BCUT2D eigenvalue weighted by atomic mass is 32.1. The van der Waals surface area contributed by atoms with Crippen molar-refractivity contribution in [1.29, 1.82) is 0 Å². The van der Waals surface area contributed by atoms with Crippen LogP contribution in [0.4, 0.5) is 11.5 Å². The summed E-state index contributed by atoms with van der Waals surface area (Å²) in [7, 11) is 0. The maximum absolute atomic E-state index is 5.18. The average Bonchev–Trinajstić information content (AvgIpc) is 2.93. The Morgan fingerprint density at radius 2 is 1.25 bits per heavy atom. The van der Waals surface area contributed by atoms with Gasteiger partial charge in [-0.25, -0.2) is 4.98 Å². The summed E-state index contributed by atoms with van der Waals surface area (Å²) in [5.41, 5.74) is 5.82. The lowest BCUT2D eigenvalue weighted by Crippen LogP contribution is -2.24. The van der Waals surface area contributed by atoms with E-state index in [1.165, 1.54) is 5.56 Å². The number of pyridine rings is 2. The molecule has 2 heterocycles. The molecule has 0 N–H and O–H groups in total. The van der Waals surface area contributed by atoms with Crippen LogP contribution in [0.25, 0.3) is 11.3 Å². The fourth-order valence-corrected chi connectivity index (χ4v) is 4.63. The molecule has 0 spiro atoms. The first-order valence-corrected chi connectivity index (χ1v) is 12.6. The first-order chi connectivity index (χ1) is 17.5. The zero-order valence-corrected chi connectivity index (χ0v) is 21.4. The van der Waals surface area contributed by atoms with E-state index in [1.807, 2.05) is 36.4 Å². The Bertz CT molecular complexity index is 1450. The molecule has 0 radical (unpaired) electrons. The van der Waals surface area contributed by atoms with Gasteiger partial charge in [-0.05, 0) is 61.9 Å². The number of anilines is 2. The third-order valence-corrected chi connectivity index (χ3v) is 6.86. The summed E-state index contributed by atoms with van der Waals surface area (Å²) in [6.07, 6.45) is 0. The van der Waals surface area contributed by atoms with Crippen molar-refractivity contribution in [2.75, 3.05) is 4.90 Å². The maximum atomic E-state index is 5.18. The second-order valence-corrected chi connectivity index (χ2v) is 9.82. The molecular formula is C32H29N3S. The van der Waals surface area contributed by atoms with E-state index in [-0.39, 0.29) is 0 Å². The normalized spacial score (nSPS) is 11.3. The molecule has 0 fully saturated rings. The quantitative estimate of drug-likeness (QED) is 0.235. The van der Waals surface area contributed by atoms with Gasteiger partial charge in [0.15, 0.2) is 0 Å². The van der Waals surface area contributed by atoms with E-state index in [9.17, 15) is 0 Å². The molecule has 3 aromatic carbocycles. The number of rotatable bonds is 7. The second kappa shape index (κ2) is 10.4. The molecule has 0 aliphatic heterocycles. The molecule has 0 aliphatic carbocycles. The Kier molecular flexibility index (Phi) is 6.88. The minimum atomic E-state index is -0.396. The summed E-state index contributed by atoms with van der Waals surface area (Å²) in [5.74, 6) is 0.910. The Labute approximate surface area is 218 Å². The van der Waals surface area contributed by atoms with Gasteiger partial charge in [-0.2, -0.15) is 0 Å². The van der Waals surface area contributed by atoms with Crippen molar-refractivity contribution in [2.45, 2.75) is 30.7 Å². The summed E-state index contributed by atoms with van der Waals surface area (Å²) in [4.78, 5) is 13.4. The molecule has 0 aliphatic rings. The zero-order valence-electron chi connectivity index (χ0n) is 20.5. The summed E-state index contributed by atoms with van der Waals surface area (Å²) >= 11 is 4.64. The molecule has 178 valence electrons. The van der Waals surface area contributed by atoms with Gasteiger partial charge >= 0.3 is 0 Å². The van der Waals surface area contributed by atoms with Gasteiger partial charge < -0.3 is 4.90 Å². The topological polar surface area (TPSA) is 29.0 Å². The van der Waals surface area contributed by atoms with E-state index >= 15 is 0 Å². The Morgan fingerprint density at radius 1 is 0.639 bits per heavy atom. The largest absolute Gasteiger partial charge is 0.322 e. The Hall–Kier alpha value is -3.89. The third-order valence-electron chi connectivity index (χ3n) is 6.47. The van der Waals surface area contributed by atoms with E-state index in [0.717, 1.165) is 45.6 Å². The summed E-state index contributed by atoms with van der Waals surface area (Å²) in [6, 6.07) is 41.4. The minimum absolute atomic E-state index is 0.396. The predicted octanol–water partition coefficient (Wildman–Crippen LogP) is 8.10. The smallest absolute Gasteiger partial charge is 0.133 e. The number of benzene rings is 3. The molecule has 36 heavy (non-hydrogen) atoms. The van der Waals surface area contributed by atoms with Crippen LogP contribution in [0.3, 0.4) is 0 Å². The highest BCUT2D eigenvalue weighted by Gasteiger charge is 2.28. The zero-order chi connectivity index (χ0) is 25.0. The molecule has 3 nitrogen and oxygen atoms in total. The number of hydrogen-bond donors (Lipinski definition) is 1. The number of para-hydroxylation sites is 1. The number of thiol groups is 1. The molecule has 4 heteroatoms. The minimum Gasteiger partial charge on any atom is -0.322 e. The lowest BCUT2D eigenvalue weighted by molar-refractivity contribution is 0.595. The lowest BCUT2D eigenvalue weighted by Gasteiger charge is -2.28. The van der Waals surface area contributed by atoms with Gasteiger partial charge in [0.1, 0.15) is 5.82 Å². The van der Waals surface area contributed by atoms with Crippen LogP contribution in [-0.4, -0.2) is 9.97 Å². The molecule has 5 rings (SSSR count). The van der Waals surface area contributed by atoms with E-state index < -0.39 is 5.41 Å². The SMILES string of the molecule is CC(C)(c1cccc(-c2ccccc2S)n1)c1cccc(N(Cc2ccccc2)c2ccccc2)n1. The van der Waals surface area contributed by atoms with E-state index in [2.05, 4.69) is 116 Å². The predicted molar refractivity (Wildman–Crippen MR) is 152 cm³/mol.